The van der Waals surface area contributed by atoms with Gasteiger partial charge in [-0.2, -0.15) is 0 Å². The molecule has 5 rings (SSSR count). The van der Waals surface area contributed by atoms with Crippen LogP contribution in [0.1, 0.15) is 99.8 Å². The van der Waals surface area contributed by atoms with Crippen molar-refractivity contribution in [3.63, 3.8) is 0 Å². The molecule has 1 unspecified atom stereocenters. The second-order valence-corrected chi connectivity index (χ2v) is 14.9. The van der Waals surface area contributed by atoms with E-state index >= 15 is 0 Å². The van der Waals surface area contributed by atoms with Crippen molar-refractivity contribution in [1.82, 2.24) is 0 Å². The second kappa shape index (κ2) is 7.82. The van der Waals surface area contributed by atoms with Crippen molar-refractivity contribution in [2.24, 2.45) is 56.7 Å². The van der Waals surface area contributed by atoms with E-state index in [4.69, 9.17) is 4.74 Å². The predicted molar refractivity (Wildman–Crippen MR) is 139 cm³/mol. The van der Waals surface area contributed by atoms with Gasteiger partial charge in [-0.25, -0.2) is 0 Å². The summed E-state index contributed by atoms with van der Waals surface area (Å²) >= 11 is 0. The second-order valence-electron chi connectivity index (χ2n) is 14.9. The lowest BCUT2D eigenvalue weighted by molar-refractivity contribution is -0.236. The maximum Gasteiger partial charge on any atom is 0.310 e. The predicted octanol–water partition coefficient (Wildman–Crippen LogP) is 6.71. The van der Waals surface area contributed by atoms with Crippen molar-refractivity contribution < 1.29 is 19.7 Å². The molecule has 0 aromatic rings. The van der Waals surface area contributed by atoms with Crippen molar-refractivity contribution >= 4 is 5.97 Å². The first-order valence-corrected chi connectivity index (χ1v) is 14.4. The Balaban J connectivity index is 1.62. The van der Waals surface area contributed by atoms with E-state index in [1.807, 2.05) is 0 Å². The number of carboxylic acids is 1. The van der Waals surface area contributed by atoms with Crippen molar-refractivity contribution in [3.05, 3.63) is 11.6 Å². The van der Waals surface area contributed by atoms with Crippen LogP contribution in [0.15, 0.2) is 11.6 Å². The molecule has 4 nitrogen and oxygen atoms in total. The average molecular weight is 487 g/mol. The standard InChI is InChI=1S/C31H50O4/c1-18-11-14-31(26(33)34)16-15-29(6)20(24(31)19(18)2)9-10-23-28(5)17-21(35-8)25(32)27(3,4)22(28)12-13-30(23,29)7/h9,18-19,21-25,32H,10-17H2,1-8H3,(H,33,34)/t18-,19+,21-,22?,23-,24+,25-,28+,29-,30-,31+/m1/s1. The Morgan fingerprint density at radius 2 is 1.69 bits per heavy atom. The fourth-order valence-electron chi connectivity index (χ4n) is 11.2. The molecule has 0 saturated heterocycles. The van der Waals surface area contributed by atoms with Crippen LogP contribution < -0.4 is 0 Å². The number of aliphatic hydroxyl groups excluding tert-OH is 1. The lowest BCUT2D eigenvalue weighted by atomic mass is 9.33. The zero-order valence-electron chi connectivity index (χ0n) is 23.5. The van der Waals surface area contributed by atoms with Gasteiger partial charge in [0.1, 0.15) is 0 Å². The van der Waals surface area contributed by atoms with Crippen molar-refractivity contribution in [2.45, 2.75) is 112 Å². The number of fused-ring (bicyclic) bond motifs is 7. The third-order valence-electron chi connectivity index (χ3n) is 13.6. The van der Waals surface area contributed by atoms with E-state index in [-0.39, 0.29) is 33.7 Å². The third kappa shape index (κ3) is 3.02. The topological polar surface area (TPSA) is 66.8 Å². The first kappa shape index (κ1) is 25.8. The van der Waals surface area contributed by atoms with E-state index in [1.165, 1.54) is 5.57 Å². The van der Waals surface area contributed by atoms with Gasteiger partial charge >= 0.3 is 5.97 Å². The van der Waals surface area contributed by atoms with Crippen LogP contribution in [0.2, 0.25) is 0 Å². The minimum atomic E-state index is -0.584. The number of carboxylic acid groups (broad SMARTS) is 1. The Morgan fingerprint density at radius 3 is 2.31 bits per heavy atom. The van der Waals surface area contributed by atoms with Crippen molar-refractivity contribution in [1.29, 1.82) is 0 Å². The van der Waals surface area contributed by atoms with E-state index in [0.717, 1.165) is 51.4 Å². The van der Waals surface area contributed by atoms with Crippen LogP contribution in [0.5, 0.6) is 0 Å². The zero-order valence-corrected chi connectivity index (χ0v) is 23.5. The minimum absolute atomic E-state index is 0.0294. The number of aliphatic carboxylic acids is 1. The number of hydrogen-bond donors (Lipinski definition) is 2. The Labute approximate surface area is 213 Å². The van der Waals surface area contributed by atoms with Crippen LogP contribution in [-0.2, 0) is 9.53 Å². The summed E-state index contributed by atoms with van der Waals surface area (Å²) in [4.78, 5) is 12.8. The lowest BCUT2D eigenvalue weighted by Crippen LogP contribution is -2.67. The smallest absolute Gasteiger partial charge is 0.310 e. The van der Waals surface area contributed by atoms with Gasteiger partial charge in [-0.05, 0) is 103 Å². The highest BCUT2D eigenvalue weighted by Crippen LogP contribution is 2.75. The SMILES string of the molecule is CO[C@@H]1C[C@@]2(C)C(CC[C@]3(C)[C@@H]2CC=C2[C@@H]4[C@@H](C)[C@H](C)CC[C@]4(C(=O)O)CC[C@]23C)C(C)(C)[C@@H]1O. The normalized spacial score (nSPS) is 55.0. The summed E-state index contributed by atoms with van der Waals surface area (Å²) < 4.78 is 5.90. The van der Waals surface area contributed by atoms with Crippen molar-refractivity contribution in [3.8, 4) is 0 Å². The molecule has 0 amide bonds. The van der Waals surface area contributed by atoms with Crippen LogP contribution in [0.25, 0.3) is 0 Å². The summed E-state index contributed by atoms with van der Waals surface area (Å²) in [6, 6.07) is 0. The molecule has 4 fully saturated rings. The number of allylic oxidation sites excluding steroid dienone is 2. The summed E-state index contributed by atoms with van der Waals surface area (Å²) in [6.07, 6.45) is 9.86. The summed E-state index contributed by atoms with van der Waals surface area (Å²) in [7, 11) is 1.76. The molecule has 2 N–H and O–H groups in total. The summed E-state index contributed by atoms with van der Waals surface area (Å²) in [5.41, 5.74) is 0.974. The quantitative estimate of drug-likeness (QED) is 0.426. The van der Waals surface area contributed by atoms with Crippen LogP contribution in [0, 0.1) is 56.7 Å². The molecule has 198 valence electrons. The number of carbonyl (C=O) groups is 1. The first-order chi connectivity index (χ1) is 16.2. The van der Waals surface area contributed by atoms with Crippen LogP contribution >= 0.6 is 0 Å². The molecule has 5 aliphatic carbocycles. The molecule has 0 spiro atoms. The highest BCUT2D eigenvalue weighted by Gasteiger charge is 2.70. The van der Waals surface area contributed by atoms with Gasteiger partial charge in [-0.3, -0.25) is 4.79 Å². The van der Waals surface area contributed by atoms with E-state index in [1.54, 1.807) is 7.11 Å². The Kier molecular flexibility index (Phi) is 5.76. The minimum Gasteiger partial charge on any atom is -0.481 e. The molecule has 0 heterocycles. The van der Waals surface area contributed by atoms with E-state index < -0.39 is 17.5 Å². The molecule has 4 heteroatoms. The third-order valence-corrected chi connectivity index (χ3v) is 13.6. The van der Waals surface area contributed by atoms with E-state index in [2.05, 4.69) is 54.5 Å². The van der Waals surface area contributed by atoms with Crippen LogP contribution in [-0.4, -0.2) is 35.5 Å². The highest BCUT2D eigenvalue weighted by molar-refractivity contribution is 5.76. The molecule has 35 heavy (non-hydrogen) atoms. The molecule has 5 aliphatic rings. The molecule has 0 bridgehead atoms. The number of rotatable bonds is 2. The molecular weight excluding hydrogens is 436 g/mol. The number of ether oxygens (including phenoxy) is 1. The van der Waals surface area contributed by atoms with Crippen LogP contribution in [0.4, 0.5) is 0 Å². The highest BCUT2D eigenvalue weighted by atomic mass is 16.5. The average Bonchev–Trinajstić information content (AvgIpc) is 2.79. The monoisotopic (exact) mass is 486 g/mol. The molecule has 11 atom stereocenters. The first-order valence-electron chi connectivity index (χ1n) is 14.4. The van der Waals surface area contributed by atoms with E-state index in [9.17, 15) is 15.0 Å². The largest absolute Gasteiger partial charge is 0.481 e. The maximum atomic E-state index is 12.8. The van der Waals surface area contributed by atoms with Gasteiger partial charge in [0.2, 0.25) is 0 Å². The Morgan fingerprint density at radius 1 is 1.00 bits per heavy atom. The zero-order chi connectivity index (χ0) is 25.8. The Bertz CT molecular complexity index is 923. The Hall–Kier alpha value is -0.870. The van der Waals surface area contributed by atoms with Crippen molar-refractivity contribution in [2.75, 3.05) is 7.11 Å². The van der Waals surface area contributed by atoms with Crippen LogP contribution in [0.3, 0.4) is 0 Å². The summed E-state index contributed by atoms with van der Waals surface area (Å²) in [5, 5.41) is 21.8. The fraction of sp³-hybridized carbons (Fsp3) is 0.903. The van der Waals surface area contributed by atoms with Gasteiger partial charge in [-0.1, -0.05) is 60.1 Å². The molecule has 0 aromatic heterocycles. The van der Waals surface area contributed by atoms with Gasteiger partial charge in [0.05, 0.1) is 17.6 Å². The lowest BCUT2D eigenvalue weighted by Gasteiger charge is -2.71. The maximum absolute atomic E-state index is 12.8. The fourth-order valence-corrected chi connectivity index (χ4v) is 11.2. The molecule has 0 aliphatic heterocycles. The van der Waals surface area contributed by atoms with Gasteiger partial charge in [0.25, 0.3) is 0 Å². The number of methoxy groups -OCH3 is 1. The molecular formula is C31H50O4. The van der Waals surface area contributed by atoms with Gasteiger partial charge < -0.3 is 14.9 Å². The van der Waals surface area contributed by atoms with E-state index in [0.29, 0.717) is 23.7 Å². The number of hydrogen-bond acceptors (Lipinski definition) is 3. The molecule has 0 radical (unpaired) electrons. The number of aliphatic hydroxyl groups is 1. The van der Waals surface area contributed by atoms with Gasteiger partial charge in [0, 0.05) is 7.11 Å². The van der Waals surface area contributed by atoms with Gasteiger partial charge in [-0.15, -0.1) is 0 Å². The van der Waals surface area contributed by atoms with Gasteiger partial charge in [0.15, 0.2) is 0 Å². The molecule has 4 saturated carbocycles. The summed E-state index contributed by atoms with van der Waals surface area (Å²) in [6.45, 7) is 16.7. The molecule has 0 aromatic carbocycles. The summed E-state index contributed by atoms with van der Waals surface area (Å²) in [5.74, 6) is 1.54.